The first kappa shape index (κ1) is 14.9. The summed E-state index contributed by atoms with van der Waals surface area (Å²) in [4.78, 5) is 0. The first-order chi connectivity index (χ1) is 10.4. The third-order valence-corrected chi connectivity index (χ3v) is 5.99. The molecular formula is C18H22N4. The largest absolute Gasteiger partial charge is 0.288 e. The molecule has 0 amide bonds. The Labute approximate surface area is 132 Å². The summed E-state index contributed by atoms with van der Waals surface area (Å²) >= 11 is 0. The van der Waals surface area contributed by atoms with Crippen molar-refractivity contribution in [2.75, 3.05) is 6.54 Å². The van der Waals surface area contributed by atoms with E-state index in [1.165, 1.54) is 22.3 Å². The predicted octanol–water partition coefficient (Wildman–Crippen LogP) is 3.55. The topological polar surface area (TPSA) is 63.2 Å². The average Bonchev–Trinajstić information content (AvgIpc) is 2.50. The summed E-state index contributed by atoms with van der Waals surface area (Å²) in [6.45, 7) is 9.21. The lowest BCUT2D eigenvalue weighted by atomic mass is 9.52. The van der Waals surface area contributed by atoms with E-state index in [0.717, 1.165) is 13.0 Å². The van der Waals surface area contributed by atoms with Crippen LogP contribution in [-0.2, 0) is 0 Å². The van der Waals surface area contributed by atoms with Crippen molar-refractivity contribution < 1.29 is 0 Å². The summed E-state index contributed by atoms with van der Waals surface area (Å²) < 4.78 is 0. The van der Waals surface area contributed by atoms with Gasteiger partial charge >= 0.3 is 0 Å². The summed E-state index contributed by atoms with van der Waals surface area (Å²) in [5.74, 6) is 0. The highest BCUT2D eigenvalue weighted by Crippen LogP contribution is 2.57. The van der Waals surface area contributed by atoms with E-state index >= 15 is 0 Å². The molecule has 2 heterocycles. The molecule has 0 saturated heterocycles. The highest BCUT2D eigenvalue weighted by molar-refractivity contribution is 5.75. The van der Waals surface area contributed by atoms with Crippen LogP contribution >= 0.6 is 0 Å². The highest BCUT2D eigenvalue weighted by Gasteiger charge is 2.62. The molecular weight excluding hydrogens is 272 g/mol. The number of hydrogen-bond donors (Lipinski definition) is 0. The van der Waals surface area contributed by atoms with Gasteiger partial charge in [-0.3, -0.25) is 5.01 Å². The summed E-state index contributed by atoms with van der Waals surface area (Å²) in [5, 5.41) is 26.7. The van der Waals surface area contributed by atoms with Crippen LogP contribution in [0.15, 0.2) is 27.4 Å². The standard InChI is InChI=1S/C18H22N4/c1-12-5-16-18(10-20)7-14(3)13(2)6-17(18,9-19)11-21-22(16)8-15(12)4/h11,16H,5-8H2,1-4H3/t16-,17-,18+/m1/s1. The summed E-state index contributed by atoms with van der Waals surface area (Å²) in [7, 11) is 0. The fraction of sp³-hybridized carbons (Fsp3) is 0.611. The molecule has 2 aliphatic heterocycles. The maximum Gasteiger partial charge on any atom is 0.119 e. The molecule has 4 nitrogen and oxygen atoms in total. The van der Waals surface area contributed by atoms with Gasteiger partial charge in [0, 0.05) is 6.21 Å². The molecule has 3 rings (SSSR count). The molecule has 0 aromatic rings. The molecule has 4 heteroatoms. The maximum atomic E-state index is 10.1. The molecule has 0 radical (unpaired) electrons. The third kappa shape index (κ3) is 1.70. The van der Waals surface area contributed by atoms with Crippen molar-refractivity contribution >= 4 is 6.21 Å². The molecule has 3 atom stereocenters. The fourth-order valence-electron chi connectivity index (χ4n) is 4.19. The first-order valence-electron chi connectivity index (χ1n) is 7.84. The van der Waals surface area contributed by atoms with Crippen LogP contribution in [-0.4, -0.2) is 23.8 Å². The predicted molar refractivity (Wildman–Crippen MR) is 85.7 cm³/mol. The smallest absolute Gasteiger partial charge is 0.119 e. The quantitative estimate of drug-likeness (QED) is 0.642. The van der Waals surface area contributed by atoms with Gasteiger partial charge in [0.15, 0.2) is 0 Å². The molecule has 0 unspecified atom stereocenters. The SMILES string of the molecule is CC1=C(C)CN2N=C[C@]3(C#N)CC(C)=C(C)C[C@]3(C#N)[C@H]2C1. The van der Waals surface area contributed by atoms with E-state index in [0.29, 0.717) is 12.8 Å². The van der Waals surface area contributed by atoms with E-state index in [9.17, 15) is 10.5 Å². The molecule has 0 spiro atoms. The Morgan fingerprint density at radius 3 is 2.36 bits per heavy atom. The summed E-state index contributed by atoms with van der Waals surface area (Å²) in [5.41, 5.74) is 3.65. The van der Waals surface area contributed by atoms with Crippen LogP contribution in [0.2, 0.25) is 0 Å². The van der Waals surface area contributed by atoms with Crippen LogP contribution in [0.3, 0.4) is 0 Å². The van der Waals surface area contributed by atoms with Gasteiger partial charge in [-0.2, -0.15) is 15.6 Å². The van der Waals surface area contributed by atoms with E-state index in [-0.39, 0.29) is 6.04 Å². The number of allylic oxidation sites excluding steroid dienone is 2. The Morgan fingerprint density at radius 1 is 1.05 bits per heavy atom. The zero-order valence-corrected chi connectivity index (χ0v) is 13.8. The van der Waals surface area contributed by atoms with E-state index in [1.807, 2.05) is 5.01 Å². The number of hydrazone groups is 1. The first-order valence-corrected chi connectivity index (χ1v) is 7.84. The second kappa shape index (κ2) is 4.71. The zero-order valence-electron chi connectivity index (χ0n) is 13.8. The number of fused-ring (bicyclic) bond motifs is 3. The lowest BCUT2D eigenvalue weighted by Gasteiger charge is -2.55. The van der Waals surface area contributed by atoms with Crippen LogP contribution in [0.25, 0.3) is 0 Å². The van der Waals surface area contributed by atoms with E-state index < -0.39 is 10.8 Å². The van der Waals surface area contributed by atoms with Crippen LogP contribution < -0.4 is 0 Å². The minimum absolute atomic E-state index is 0.00565. The third-order valence-electron chi connectivity index (χ3n) is 5.99. The van der Waals surface area contributed by atoms with Crippen LogP contribution in [0.5, 0.6) is 0 Å². The number of hydrogen-bond acceptors (Lipinski definition) is 4. The van der Waals surface area contributed by atoms with Crippen molar-refractivity contribution in [1.82, 2.24) is 5.01 Å². The Kier molecular flexibility index (Phi) is 3.18. The minimum Gasteiger partial charge on any atom is -0.288 e. The molecule has 0 N–H and O–H groups in total. The van der Waals surface area contributed by atoms with Gasteiger partial charge in [0.1, 0.15) is 10.8 Å². The molecule has 3 aliphatic rings. The van der Waals surface area contributed by atoms with Crippen molar-refractivity contribution in [2.24, 2.45) is 15.9 Å². The van der Waals surface area contributed by atoms with Crippen LogP contribution in [0.1, 0.15) is 47.0 Å². The normalized spacial score (nSPS) is 37.4. The van der Waals surface area contributed by atoms with Gasteiger partial charge in [-0.05, 0) is 47.0 Å². The Bertz CT molecular complexity index is 700. The van der Waals surface area contributed by atoms with Crippen molar-refractivity contribution in [3.63, 3.8) is 0 Å². The van der Waals surface area contributed by atoms with Crippen molar-refractivity contribution in [3.05, 3.63) is 22.3 Å². The van der Waals surface area contributed by atoms with Gasteiger partial charge in [-0.15, -0.1) is 0 Å². The monoisotopic (exact) mass is 294 g/mol. The maximum absolute atomic E-state index is 10.1. The van der Waals surface area contributed by atoms with Gasteiger partial charge in [-0.25, -0.2) is 0 Å². The van der Waals surface area contributed by atoms with Crippen LogP contribution in [0.4, 0.5) is 0 Å². The number of nitrogens with zero attached hydrogens (tertiary/aromatic N) is 4. The molecule has 1 aliphatic carbocycles. The summed E-state index contributed by atoms with van der Waals surface area (Å²) in [6.07, 6.45) is 3.88. The molecule has 0 saturated carbocycles. The Balaban J connectivity index is 2.19. The molecule has 0 fully saturated rings. The number of rotatable bonds is 0. The van der Waals surface area contributed by atoms with E-state index in [2.05, 4.69) is 44.9 Å². The molecule has 0 aromatic heterocycles. The molecule has 0 bridgehead atoms. The number of nitriles is 2. The minimum atomic E-state index is -0.794. The lowest BCUT2D eigenvalue weighted by Crippen LogP contribution is -2.61. The van der Waals surface area contributed by atoms with Crippen molar-refractivity contribution in [1.29, 1.82) is 10.5 Å². The van der Waals surface area contributed by atoms with Gasteiger partial charge in [-0.1, -0.05) is 22.3 Å². The molecule has 22 heavy (non-hydrogen) atoms. The fourth-order valence-corrected chi connectivity index (χ4v) is 4.19. The average molecular weight is 294 g/mol. The highest BCUT2D eigenvalue weighted by atomic mass is 15.5. The zero-order chi connectivity index (χ0) is 16.1. The second-order valence-corrected chi connectivity index (χ2v) is 7.20. The van der Waals surface area contributed by atoms with Crippen LogP contribution in [0, 0.1) is 33.5 Å². The Morgan fingerprint density at radius 2 is 1.73 bits per heavy atom. The summed E-state index contributed by atoms with van der Waals surface area (Å²) in [6, 6.07) is 5.05. The molecule has 0 aromatic carbocycles. The molecule has 114 valence electrons. The lowest BCUT2D eigenvalue weighted by molar-refractivity contribution is 0.0290. The Hall–Kier alpha value is -2.07. The van der Waals surface area contributed by atoms with Gasteiger partial charge in [0.25, 0.3) is 0 Å². The van der Waals surface area contributed by atoms with Gasteiger partial charge < -0.3 is 0 Å². The van der Waals surface area contributed by atoms with Crippen molar-refractivity contribution in [2.45, 2.75) is 53.0 Å². The van der Waals surface area contributed by atoms with Crippen molar-refractivity contribution in [3.8, 4) is 12.1 Å². The van der Waals surface area contributed by atoms with E-state index in [1.54, 1.807) is 6.21 Å². The van der Waals surface area contributed by atoms with E-state index in [4.69, 9.17) is 0 Å². The van der Waals surface area contributed by atoms with Gasteiger partial charge in [0.05, 0.1) is 24.7 Å². The second-order valence-electron chi connectivity index (χ2n) is 7.20. The van der Waals surface area contributed by atoms with Gasteiger partial charge in [0.2, 0.25) is 0 Å².